The number of hydrogen-bond donors (Lipinski definition) is 0. The van der Waals surface area contributed by atoms with E-state index in [2.05, 4.69) is 9.88 Å². The van der Waals surface area contributed by atoms with Crippen LogP contribution in [0.4, 0.5) is 4.39 Å². The minimum atomic E-state index is -0.531. The summed E-state index contributed by atoms with van der Waals surface area (Å²) in [6, 6.07) is 14.2. The van der Waals surface area contributed by atoms with Crippen molar-refractivity contribution in [3.8, 4) is 26.8 Å². The lowest BCUT2D eigenvalue weighted by Gasteiger charge is -2.31. The Labute approximate surface area is 174 Å². The molecule has 2 aromatic carbocycles. The van der Waals surface area contributed by atoms with E-state index in [0.717, 1.165) is 58.9 Å². The fraction of sp³-hybridized carbons (Fsp3) is 0.304. The smallest absolute Gasteiger partial charge is 0.209 e. The van der Waals surface area contributed by atoms with Gasteiger partial charge in [-0.1, -0.05) is 6.42 Å². The number of rotatable bonds is 6. The summed E-state index contributed by atoms with van der Waals surface area (Å²) in [7, 11) is 0. The highest BCUT2D eigenvalue weighted by atomic mass is 32.1. The molecule has 0 aliphatic carbocycles. The minimum absolute atomic E-state index is 0.254. The number of thiazole rings is 1. The van der Waals surface area contributed by atoms with Crippen molar-refractivity contribution in [3.05, 3.63) is 60.0 Å². The first-order chi connectivity index (χ1) is 14.1. The first-order valence-corrected chi connectivity index (χ1v) is 10.7. The van der Waals surface area contributed by atoms with E-state index in [4.69, 9.17) is 4.74 Å². The number of benzene rings is 2. The molecule has 1 saturated heterocycles. The second-order valence-corrected chi connectivity index (χ2v) is 8.21. The van der Waals surface area contributed by atoms with Gasteiger partial charge in [-0.15, -0.1) is 11.3 Å². The zero-order chi connectivity index (χ0) is 20.2. The Morgan fingerprint density at radius 1 is 1.03 bits per heavy atom. The van der Waals surface area contributed by atoms with Crippen molar-refractivity contribution in [3.63, 3.8) is 0 Å². The highest BCUT2D eigenvalue weighted by molar-refractivity contribution is 7.18. The molecule has 1 unspecified atom stereocenters. The largest absolute Gasteiger partial charge is 0.468 e. The molecule has 0 radical (unpaired) electrons. The van der Waals surface area contributed by atoms with Crippen molar-refractivity contribution >= 4 is 17.6 Å². The molecule has 6 heteroatoms. The van der Waals surface area contributed by atoms with Crippen LogP contribution in [0.1, 0.15) is 25.0 Å². The number of aryl methyl sites for hydroxylation is 1. The third kappa shape index (κ3) is 4.54. The number of carbonyl (C=O) groups is 1. The van der Waals surface area contributed by atoms with Gasteiger partial charge in [0.15, 0.2) is 6.29 Å². The van der Waals surface area contributed by atoms with Gasteiger partial charge < -0.3 is 4.74 Å². The van der Waals surface area contributed by atoms with Gasteiger partial charge in [-0.2, -0.15) is 0 Å². The van der Waals surface area contributed by atoms with Gasteiger partial charge >= 0.3 is 0 Å². The molecule has 1 aromatic heterocycles. The van der Waals surface area contributed by atoms with Crippen LogP contribution in [0.3, 0.4) is 0 Å². The van der Waals surface area contributed by atoms with E-state index in [1.165, 1.54) is 18.6 Å². The Morgan fingerprint density at radius 2 is 1.69 bits per heavy atom. The summed E-state index contributed by atoms with van der Waals surface area (Å²) in [5, 5.41) is 0.865. The molecule has 2 heterocycles. The van der Waals surface area contributed by atoms with Gasteiger partial charge in [-0.05, 0) is 73.9 Å². The predicted octanol–water partition coefficient (Wildman–Crippen LogP) is 5.31. The van der Waals surface area contributed by atoms with Crippen molar-refractivity contribution in [1.82, 2.24) is 9.88 Å². The van der Waals surface area contributed by atoms with Crippen LogP contribution in [0.5, 0.6) is 5.75 Å². The van der Waals surface area contributed by atoms with Gasteiger partial charge in [-0.25, -0.2) is 9.37 Å². The lowest BCUT2D eigenvalue weighted by molar-refractivity contribution is -0.122. The molecule has 1 aliphatic rings. The minimum Gasteiger partial charge on any atom is -0.468 e. The van der Waals surface area contributed by atoms with Crippen LogP contribution in [0, 0.1) is 12.7 Å². The van der Waals surface area contributed by atoms with E-state index in [-0.39, 0.29) is 5.82 Å². The fourth-order valence-corrected chi connectivity index (χ4v) is 4.64. The van der Waals surface area contributed by atoms with E-state index < -0.39 is 6.23 Å². The topological polar surface area (TPSA) is 42.4 Å². The van der Waals surface area contributed by atoms with Crippen molar-refractivity contribution in [2.75, 3.05) is 13.1 Å². The Hall–Kier alpha value is -2.57. The van der Waals surface area contributed by atoms with E-state index in [9.17, 15) is 9.18 Å². The maximum Gasteiger partial charge on any atom is 0.209 e. The van der Waals surface area contributed by atoms with Gasteiger partial charge in [-0.3, -0.25) is 9.69 Å². The van der Waals surface area contributed by atoms with E-state index >= 15 is 0 Å². The zero-order valence-electron chi connectivity index (χ0n) is 16.3. The number of likely N-dealkylation sites (tertiary alicyclic amines) is 1. The van der Waals surface area contributed by atoms with Gasteiger partial charge in [0.25, 0.3) is 0 Å². The SMILES string of the molecule is Cc1nc(-c2ccc(F)cc2)sc1-c1ccc(OC(C=O)N2CCCCC2)cc1. The molecule has 4 rings (SSSR count). The molecule has 0 amide bonds. The van der Waals surface area contributed by atoms with Crippen LogP contribution >= 0.6 is 11.3 Å². The summed E-state index contributed by atoms with van der Waals surface area (Å²) in [5.74, 6) is 0.424. The molecular weight excluding hydrogens is 387 g/mol. The lowest BCUT2D eigenvalue weighted by atomic mass is 10.1. The molecule has 0 N–H and O–H groups in total. The molecule has 150 valence electrons. The van der Waals surface area contributed by atoms with Crippen LogP contribution in [-0.4, -0.2) is 35.5 Å². The maximum atomic E-state index is 13.2. The first-order valence-electron chi connectivity index (χ1n) is 9.84. The molecule has 0 saturated carbocycles. The van der Waals surface area contributed by atoms with Crippen LogP contribution in [0.2, 0.25) is 0 Å². The van der Waals surface area contributed by atoms with E-state index in [0.29, 0.717) is 5.75 Å². The van der Waals surface area contributed by atoms with Gasteiger partial charge in [0.05, 0.1) is 10.6 Å². The van der Waals surface area contributed by atoms with Crippen molar-refractivity contribution < 1.29 is 13.9 Å². The number of aromatic nitrogens is 1. The van der Waals surface area contributed by atoms with Crippen molar-refractivity contribution in [2.24, 2.45) is 0 Å². The molecule has 0 spiro atoms. The predicted molar refractivity (Wildman–Crippen MR) is 114 cm³/mol. The molecular formula is C23H23FN2O2S. The zero-order valence-corrected chi connectivity index (χ0v) is 17.1. The molecule has 3 aromatic rings. The second-order valence-electron chi connectivity index (χ2n) is 7.21. The second kappa shape index (κ2) is 8.84. The average molecular weight is 411 g/mol. The monoisotopic (exact) mass is 410 g/mol. The third-order valence-electron chi connectivity index (χ3n) is 5.13. The highest BCUT2D eigenvalue weighted by Crippen LogP contribution is 2.36. The Balaban J connectivity index is 1.50. The molecule has 1 atom stereocenters. The molecule has 1 fully saturated rings. The normalized spacial score (nSPS) is 15.8. The molecule has 4 nitrogen and oxygen atoms in total. The number of nitrogens with zero attached hydrogens (tertiary/aromatic N) is 2. The van der Waals surface area contributed by atoms with Crippen LogP contribution in [-0.2, 0) is 4.79 Å². The summed E-state index contributed by atoms with van der Waals surface area (Å²) in [6.45, 7) is 3.77. The quantitative estimate of drug-likeness (QED) is 0.516. The lowest BCUT2D eigenvalue weighted by Crippen LogP contribution is -2.43. The summed E-state index contributed by atoms with van der Waals surface area (Å²) >= 11 is 1.58. The average Bonchev–Trinajstić information content (AvgIpc) is 3.15. The number of halogens is 1. The van der Waals surface area contributed by atoms with E-state index in [1.807, 2.05) is 31.2 Å². The third-order valence-corrected chi connectivity index (χ3v) is 6.38. The first kappa shape index (κ1) is 19.7. The Morgan fingerprint density at radius 3 is 2.34 bits per heavy atom. The molecule has 0 bridgehead atoms. The van der Waals surface area contributed by atoms with E-state index in [1.54, 1.807) is 23.5 Å². The number of ether oxygens (including phenoxy) is 1. The molecule has 29 heavy (non-hydrogen) atoms. The number of piperidine rings is 1. The number of hydrogen-bond acceptors (Lipinski definition) is 5. The number of aldehydes is 1. The standard InChI is InChI=1S/C23H23FN2O2S/c1-16-22(29-23(25-16)18-5-9-19(24)10-6-18)17-7-11-20(12-8-17)28-21(15-27)26-13-3-2-4-14-26/h5-12,15,21H,2-4,13-14H2,1H3. The Kier molecular flexibility index (Phi) is 6.02. The Bertz CT molecular complexity index is 964. The molecule has 1 aliphatic heterocycles. The van der Waals surface area contributed by atoms with Crippen molar-refractivity contribution in [2.45, 2.75) is 32.4 Å². The van der Waals surface area contributed by atoms with Crippen LogP contribution in [0.15, 0.2) is 48.5 Å². The van der Waals surface area contributed by atoms with Gasteiger partial charge in [0.1, 0.15) is 16.6 Å². The fourth-order valence-electron chi connectivity index (χ4n) is 3.57. The van der Waals surface area contributed by atoms with Crippen LogP contribution < -0.4 is 4.74 Å². The summed E-state index contributed by atoms with van der Waals surface area (Å²) in [6.07, 6.45) is 3.77. The summed E-state index contributed by atoms with van der Waals surface area (Å²) < 4.78 is 19.1. The van der Waals surface area contributed by atoms with Gasteiger partial charge in [0.2, 0.25) is 6.23 Å². The van der Waals surface area contributed by atoms with Crippen LogP contribution in [0.25, 0.3) is 21.0 Å². The van der Waals surface area contributed by atoms with Gasteiger partial charge in [0, 0.05) is 18.7 Å². The number of carbonyl (C=O) groups excluding carboxylic acids is 1. The summed E-state index contributed by atoms with van der Waals surface area (Å²) in [5.41, 5.74) is 2.88. The van der Waals surface area contributed by atoms with Crippen molar-refractivity contribution in [1.29, 1.82) is 0 Å². The maximum absolute atomic E-state index is 13.2. The highest BCUT2D eigenvalue weighted by Gasteiger charge is 2.21. The summed E-state index contributed by atoms with van der Waals surface area (Å²) in [4.78, 5) is 19.3.